The molecule has 2 aromatic carbocycles. The lowest BCUT2D eigenvalue weighted by Gasteiger charge is -2.08. The van der Waals surface area contributed by atoms with Gasteiger partial charge in [0.05, 0.1) is 0 Å². The molecule has 4 heteroatoms. The number of carbonyl (C=O) groups is 2. The molecule has 1 amide bonds. The highest BCUT2D eigenvalue weighted by Crippen LogP contribution is 2.14. The number of Topliss-reactive ketones (excluding diaryl/α,β-unsaturated/α-hetero) is 1. The maximum Gasteiger partial charge on any atom is 0.262 e. The fourth-order valence-corrected chi connectivity index (χ4v) is 2.06. The van der Waals surface area contributed by atoms with Gasteiger partial charge in [0.25, 0.3) is 5.91 Å². The lowest BCUT2D eigenvalue weighted by molar-refractivity contribution is -0.118. The zero-order valence-electron chi connectivity index (χ0n) is 13.5. The van der Waals surface area contributed by atoms with Gasteiger partial charge in [-0.15, -0.1) is 0 Å². The summed E-state index contributed by atoms with van der Waals surface area (Å²) >= 11 is 0. The third-order valence-corrected chi connectivity index (χ3v) is 3.39. The van der Waals surface area contributed by atoms with Crippen LogP contribution in [-0.4, -0.2) is 18.3 Å². The van der Waals surface area contributed by atoms with Crippen LogP contribution in [0.15, 0.2) is 48.5 Å². The zero-order valence-corrected chi connectivity index (χ0v) is 13.5. The highest BCUT2D eigenvalue weighted by molar-refractivity contribution is 5.91. The van der Waals surface area contributed by atoms with Gasteiger partial charge in [0.1, 0.15) is 11.5 Å². The number of nitrogens with one attached hydrogen (secondary N) is 1. The van der Waals surface area contributed by atoms with Crippen molar-refractivity contribution in [3.8, 4) is 5.75 Å². The Morgan fingerprint density at radius 2 is 1.65 bits per heavy atom. The number of hydrogen-bond donors (Lipinski definition) is 1. The van der Waals surface area contributed by atoms with E-state index in [-0.39, 0.29) is 18.3 Å². The smallest absolute Gasteiger partial charge is 0.262 e. The molecule has 0 aliphatic rings. The monoisotopic (exact) mass is 311 g/mol. The molecule has 2 rings (SSSR count). The Bertz CT molecular complexity index is 660. The van der Waals surface area contributed by atoms with E-state index >= 15 is 0 Å². The summed E-state index contributed by atoms with van der Waals surface area (Å²) in [7, 11) is 0. The van der Waals surface area contributed by atoms with Crippen LogP contribution in [0, 0.1) is 6.92 Å². The molecular weight excluding hydrogens is 290 g/mol. The Morgan fingerprint density at radius 3 is 2.26 bits per heavy atom. The molecule has 1 N–H and O–H groups in total. The molecule has 0 saturated heterocycles. The van der Waals surface area contributed by atoms with Crippen LogP contribution in [0.2, 0.25) is 0 Å². The lowest BCUT2D eigenvalue weighted by atomic mass is 10.1. The predicted molar refractivity (Wildman–Crippen MR) is 90.7 cm³/mol. The van der Waals surface area contributed by atoms with Crippen molar-refractivity contribution < 1.29 is 14.3 Å². The molecule has 0 radical (unpaired) electrons. The van der Waals surface area contributed by atoms with Crippen LogP contribution in [0.25, 0.3) is 0 Å². The second-order valence-corrected chi connectivity index (χ2v) is 5.55. The average molecular weight is 311 g/mol. The fourth-order valence-electron chi connectivity index (χ4n) is 2.06. The maximum atomic E-state index is 11.8. The zero-order chi connectivity index (χ0) is 16.7. The van der Waals surface area contributed by atoms with Crippen LogP contribution < -0.4 is 10.1 Å². The summed E-state index contributed by atoms with van der Waals surface area (Å²) in [6, 6.07) is 15.1. The van der Waals surface area contributed by atoms with Gasteiger partial charge in [-0.05, 0) is 50.1 Å². The summed E-state index contributed by atoms with van der Waals surface area (Å²) in [6.07, 6.45) is 1.27. The fraction of sp³-hybridized carbons (Fsp3) is 0.263. The van der Waals surface area contributed by atoms with Gasteiger partial charge in [-0.3, -0.25) is 4.79 Å². The third kappa shape index (κ3) is 5.94. The van der Waals surface area contributed by atoms with E-state index in [0.717, 1.165) is 23.2 Å². The molecule has 0 aromatic heterocycles. The summed E-state index contributed by atoms with van der Waals surface area (Å²) in [5.74, 6) is 0.614. The number of aryl methyl sites for hydroxylation is 2. The van der Waals surface area contributed by atoms with Crippen LogP contribution in [0.3, 0.4) is 0 Å². The highest BCUT2D eigenvalue weighted by Gasteiger charge is 2.04. The quantitative estimate of drug-likeness (QED) is 0.851. The van der Waals surface area contributed by atoms with Crippen molar-refractivity contribution in [1.82, 2.24) is 0 Å². The molecule has 4 nitrogen and oxygen atoms in total. The van der Waals surface area contributed by atoms with Crippen molar-refractivity contribution in [1.29, 1.82) is 0 Å². The standard InChI is InChI=1S/C19H21NO3/c1-14-3-9-17(10-4-14)20-19(22)13-23-18-11-7-16(8-12-18)6-5-15(2)21/h3-4,7-12H,5-6,13H2,1-2H3,(H,20,22). The molecule has 0 spiro atoms. The Balaban J connectivity index is 1.79. The minimum absolute atomic E-state index is 0.0410. The molecule has 0 atom stereocenters. The largest absolute Gasteiger partial charge is 0.484 e. The van der Waals surface area contributed by atoms with Gasteiger partial charge < -0.3 is 14.8 Å². The number of hydrogen-bond acceptors (Lipinski definition) is 3. The van der Waals surface area contributed by atoms with Crippen molar-refractivity contribution in [3.05, 3.63) is 59.7 Å². The molecule has 23 heavy (non-hydrogen) atoms. The third-order valence-electron chi connectivity index (χ3n) is 3.39. The van der Waals surface area contributed by atoms with E-state index < -0.39 is 0 Å². The Labute approximate surface area is 136 Å². The SMILES string of the molecule is CC(=O)CCc1ccc(OCC(=O)Nc2ccc(C)cc2)cc1. The summed E-state index contributed by atoms with van der Waals surface area (Å²) in [6.45, 7) is 3.54. The first kappa shape index (κ1) is 16.7. The summed E-state index contributed by atoms with van der Waals surface area (Å²) in [5, 5.41) is 2.78. The number of rotatable bonds is 7. The van der Waals surface area contributed by atoms with Gasteiger partial charge in [0.15, 0.2) is 6.61 Å². The number of ketones is 1. The molecule has 0 heterocycles. The van der Waals surface area contributed by atoms with E-state index in [1.54, 1.807) is 6.92 Å². The van der Waals surface area contributed by atoms with E-state index in [2.05, 4.69) is 5.32 Å². The first-order valence-corrected chi connectivity index (χ1v) is 7.60. The lowest BCUT2D eigenvalue weighted by Crippen LogP contribution is -2.20. The van der Waals surface area contributed by atoms with Gasteiger partial charge in [-0.2, -0.15) is 0 Å². The van der Waals surface area contributed by atoms with Gasteiger partial charge in [-0.25, -0.2) is 0 Å². The molecular formula is C19H21NO3. The highest BCUT2D eigenvalue weighted by atomic mass is 16.5. The van der Waals surface area contributed by atoms with Gasteiger partial charge in [0.2, 0.25) is 0 Å². The van der Waals surface area contributed by atoms with Crippen LogP contribution in [0.1, 0.15) is 24.5 Å². The molecule has 0 aliphatic carbocycles. The number of anilines is 1. The molecule has 0 saturated carbocycles. The van der Waals surface area contributed by atoms with Crippen LogP contribution in [0.4, 0.5) is 5.69 Å². The van der Waals surface area contributed by atoms with Crippen molar-refractivity contribution in [2.24, 2.45) is 0 Å². The van der Waals surface area contributed by atoms with Crippen molar-refractivity contribution in [3.63, 3.8) is 0 Å². The minimum Gasteiger partial charge on any atom is -0.484 e. The van der Waals surface area contributed by atoms with E-state index in [0.29, 0.717) is 12.2 Å². The molecule has 0 unspecified atom stereocenters. The number of carbonyl (C=O) groups excluding carboxylic acids is 2. The molecule has 2 aromatic rings. The number of amides is 1. The second-order valence-electron chi connectivity index (χ2n) is 5.55. The summed E-state index contributed by atoms with van der Waals surface area (Å²) < 4.78 is 5.47. The Morgan fingerprint density at radius 1 is 1.00 bits per heavy atom. The Hall–Kier alpha value is -2.62. The van der Waals surface area contributed by atoms with E-state index in [4.69, 9.17) is 4.74 Å². The van der Waals surface area contributed by atoms with Crippen molar-refractivity contribution >= 4 is 17.4 Å². The Kier molecular flexibility index (Phi) is 5.92. The van der Waals surface area contributed by atoms with Crippen molar-refractivity contribution in [2.75, 3.05) is 11.9 Å². The van der Waals surface area contributed by atoms with Gasteiger partial charge >= 0.3 is 0 Å². The molecule has 0 bridgehead atoms. The predicted octanol–water partition coefficient (Wildman–Crippen LogP) is 3.53. The van der Waals surface area contributed by atoms with E-state index in [9.17, 15) is 9.59 Å². The first-order chi connectivity index (χ1) is 11.0. The average Bonchev–Trinajstić information content (AvgIpc) is 2.54. The normalized spacial score (nSPS) is 10.2. The van der Waals surface area contributed by atoms with Gasteiger partial charge in [0, 0.05) is 12.1 Å². The minimum atomic E-state index is -0.200. The number of benzene rings is 2. The van der Waals surface area contributed by atoms with Crippen LogP contribution in [-0.2, 0) is 16.0 Å². The first-order valence-electron chi connectivity index (χ1n) is 7.60. The number of ether oxygens (including phenoxy) is 1. The van der Waals surface area contributed by atoms with Crippen LogP contribution in [0.5, 0.6) is 5.75 Å². The van der Waals surface area contributed by atoms with Gasteiger partial charge in [-0.1, -0.05) is 29.8 Å². The summed E-state index contributed by atoms with van der Waals surface area (Å²) in [5.41, 5.74) is 2.98. The molecule has 120 valence electrons. The second kappa shape index (κ2) is 8.13. The van der Waals surface area contributed by atoms with Crippen molar-refractivity contribution in [2.45, 2.75) is 26.7 Å². The summed E-state index contributed by atoms with van der Waals surface area (Å²) in [4.78, 5) is 22.8. The van der Waals surface area contributed by atoms with Crippen LogP contribution >= 0.6 is 0 Å². The van der Waals surface area contributed by atoms with E-state index in [1.165, 1.54) is 0 Å². The molecule has 0 fully saturated rings. The molecule has 0 aliphatic heterocycles. The maximum absolute atomic E-state index is 11.8. The van der Waals surface area contributed by atoms with E-state index in [1.807, 2.05) is 55.5 Å². The topological polar surface area (TPSA) is 55.4 Å².